The molecule has 0 spiro atoms. The number of halogens is 1. The fourth-order valence-corrected chi connectivity index (χ4v) is 2.80. The lowest BCUT2D eigenvalue weighted by Crippen LogP contribution is -2.16. The van der Waals surface area contributed by atoms with Gasteiger partial charge in [0.1, 0.15) is 5.82 Å². The summed E-state index contributed by atoms with van der Waals surface area (Å²) in [6.07, 6.45) is 6.31. The van der Waals surface area contributed by atoms with Gasteiger partial charge in [0.25, 0.3) is 0 Å². The SMILES string of the molecule is NCC(CC1CCCC1)c1ccccc1F. The highest BCUT2D eigenvalue weighted by atomic mass is 19.1. The van der Waals surface area contributed by atoms with Crippen LogP contribution in [0.1, 0.15) is 43.6 Å². The van der Waals surface area contributed by atoms with Gasteiger partial charge in [0.2, 0.25) is 0 Å². The van der Waals surface area contributed by atoms with Gasteiger partial charge in [0.05, 0.1) is 0 Å². The summed E-state index contributed by atoms with van der Waals surface area (Å²) in [5, 5.41) is 0. The first-order valence-electron chi connectivity index (χ1n) is 6.25. The smallest absolute Gasteiger partial charge is 0.126 e. The van der Waals surface area contributed by atoms with Gasteiger partial charge in [-0.15, -0.1) is 0 Å². The standard InChI is InChI=1S/C14H20FN/c15-14-8-4-3-7-13(14)12(10-16)9-11-5-1-2-6-11/h3-4,7-8,11-12H,1-2,5-6,9-10,16H2. The summed E-state index contributed by atoms with van der Waals surface area (Å²) in [6.45, 7) is 0.553. The second-order valence-corrected chi connectivity index (χ2v) is 4.84. The Labute approximate surface area is 96.9 Å². The van der Waals surface area contributed by atoms with Gasteiger partial charge in [-0.3, -0.25) is 0 Å². The summed E-state index contributed by atoms with van der Waals surface area (Å²) in [7, 11) is 0. The lowest BCUT2D eigenvalue weighted by Gasteiger charge is -2.19. The summed E-state index contributed by atoms with van der Waals surface area (Å²) in [5.41, 5.74) is 6.59. The molecule has 2 heteroatoms. The van der Waals surface area contributed by atoms with E-state index in [0.717, 1.165) is 17.9 Å². The van der Waals surface area contributed by atoms with Crippen molar-refractivity contribution < 1.29 is 4.39 Å². The second kappa shape index (κ2) is 5.44. The molecule has 2 rings (SSSR count). The van der Waals surface area contributed by atoms with Crippen LogP contribution in [0, 0.1) is 11.7 Å². The van der Waals surface area contributed by atoms with Crippen molar-refractivity contribution in [3.63, 3.8) is 0 Å². The molecular weight excluding hydrogens is 201 g/mol. The largest absolute Gasteiger partial charge is 0.330 e. The Morgan fingerprint density at radius 1 is 1.25 bits per heavy atom. The van der Waals surface area contributed by atoms with Crippen molar-refractivity contribution in [3.05, 3.63) is 35.6 Å². The predicted molar refractivity (Wildman–Crippen MR) is 64.8 cm³/mol. The van der Waals surface area contributed by atoms with Crippen LogP contribution >= 0.6 is 0 Å². The van der Waals surface area contributed by atoms with E-state index in [0.29, 0.717) is 6.54 Å². The topological polar surface area (TPSA) is 26.0 Å². The monoisotopic (exact) mass is 221 g/mol. The molecule has 2 N–H and O–H groups in total. The molecule has 0 heterocycles. The number of benzene rings is 1. The fraction of sp³-hybridized carbons (Fsp3) is 0.571. The average molecular weight is 221 g/mol. The Morgan fingerprint density at radius 2 is 1.94 bits per heavy atom. The van der Waals surface area contributed by atoms with E-state index >= 15 is 0 Å². The zero-order valence-electron chi connectivity index (χ0n) is 9.66. The van der Waals surface area contributed by atoms with Crippen LogP contribution in [0.3, 0.4) is 0 Å². The normalized spacial score (nSPS) is 18.9. The Morgan fingerprint density at radius 3 is 2.56 bits per heavy atom. The summed E-state index contributed by atoms with van der Waals surface area (Å²) in [4.78, 5) is 0. The maximum absolute atomic E-state index is 13.6. The van der Waals surface area contributed by atoms with Gasteiger partial charge >= 0.3 is 0 Å². The highest BCUT2D eigenvalue weighted by Gasteiger charge is 2.21. The highest BCUT2D eigenvalue weighted by Crippen LogP contribution is 2.34. The Hall–Kier alpha value is -0.890. The first-order valence-corrected chi connectivity index (χ1v) is 6.25. The van der Waals surface area contributed by atoms with E-state index in [4.69, 9.17) is 5.73 Å². The minimum absolute atomic E-state index is 0.101. The quantitative estimate of drug-likeness (QED) is 0.828. The number of hydrogen-bond donors (Lipinski definition) is 1. The minimum Gasteiger partial charge on any atom is -0.330 e. The third-order valence-corrected chi connectivity index (χ3v) is 3.72. The van der Waals surface area contributed by atoms with Crippen LogP contribution in [0.2, 0.25) is 0 Å². The molecule has 16 heavy (non-hydrogen) atoms. The zero-order valence-corrected chi connectivity index (χ0v) is 9.66. The summed E-state index contributed by atoms with van der Waals surface area (Å²) >= 11 is 0. The van der Waals surface area contributed by atoms with Crippen LogP contribution in [-0.2, 0) is 0 Å². The Bertz CT molecular complexity index is 331. The van der Waals surface area contributed by atoms with Gasteiger partial charge in [-0.2, -0.15) is 0 Å². The maximum Gasteiger partial charge on any atom is 0.126 e. The van der Waals surface area contributed by atoms with E-state index < -0.39 is 0 Å². The lowest BCUT2D eigenvalue weighted by atomic mass is 9.88. The summed E-state index contributed by atoms with van der Waals surface area (Å²) < 4.78 is 13.6. The molecule has 0 aromatic heterocycles. The first kappa shape index (κ1) is 11.6. The van der Waals surface area contributed by atoms with Gasteiger partial charge in [-0.05, 0) is 36.4 Å². The van der Waals surface area contributed by atoms with Crippen molar-refractivity contribution in [2.75, 3.05) is 6.54 Å². The van der Waals surface area contributed by atoms with Crippen molar-refractivity contribution in [1.82, 2.24) is 0 Å². The van der Waals surface area contributed by atoms with Crippen molar-refractivity contribution >= 4 is 0 Å². The van der Waals surface area contributed by atoms with E-state index in [1.807, 2.05) is 12.1 Å². The van der Waals surface area contributed by atoms with Crippen LogP contribution in [0.5, 0.6) is 0 Å². The molecule has 1 aromatic carbocycles. The molecule has 1 aromatic rings. The van der Waals surface area contributed by atoms with Crippen LogP contribution in [0.15, 0.2) is 24.3 Å². The van der Waals surface area contributed by atoms with E-state index in [1.54, 1.807) is 6.07 Å². The van der Waals surface area contributed by atoms with Gasteiger partial charge in [-0.1, -0.05) is 43.9 Å². The average Bonchev–Trinajstić information content (AvgIpc) is 2.80. The fourth-order valence-electron chi connectivity index (χ4n) is 2.80. The van der Waals surface area contributed by atoms with Crippen molar-refractivity contribution in [2.24, 2.45) is 11.7 Å². The Balaban J connectivity index is 2.06. The van der Waals surface area contributed by atoms with E-state index in [2.05, 4.69) is 0 Å². The van der Waals surface area contributed by atoms with Crippen molar-refractivity contribution in [1.29, 1.82) is 0 Å². The number of rotatable bonds is 4. The van der Waals surface area contributed by atoms with Crippen LogP contribution in [0.25, 0.3) is 0 Å². The van der Waals surface area contributed by atoms with E-state index in [-0.39, 0.29) is 11.7 Å². The molecular formula is C14H20FN. The number of nitrogens with two attached hydrogens (primary N) is 1. The summed E-state index contributed by atoms with van der Waals surface area (Å²) in [5.74, 6) is 0.855. The Kier molecular flexibility index (Phi) is 3.94. The molecule has 0 radical (unpaired) electrons. The molecule has 1 atom stereocenters. The van der Waals surface area contributed by atoms with Gasteiger partial charge in [0.15, 0.2) is 0 Å². The van der Waals surface area contributed by atoms with Crippen LogP contribution in [-0.4, -0.2) is 6.54 Å². The first-order chi connectivity index (χ1) is 7.81. The van der Waals surface area contributed by atoms with Crippen LogP contribution in [0.4, 0.5) is 4.39 Å². The van der Waals surface area contributed by atoms with Crippen LogP contribution < -0.4 is 5.73 Å². The third kappa shape index (κ3) is 2.62. The third-order valence-electron chi connectivity index (χ3n) is 3.72. The maximum atomic E-state index is 13.6. The van der Waals surface area contributed by atoms with Gasteiger partial charge in [0, 0.05) is 0 Å². The molecule has 1 aliphatic rings. The molecule has 0 bridgehead atoms. The van der Waals surface area contributed by atoms with E-state index in [9.17, 15) is 4.39 Å². The molecule has 1 fully saturated rings. The molecule has 0 saturated heterocycles. The number of hydrogen-bond acceptors (Lipinski definition) is 1. The van der Waals surface area contributed by atoms with Gasteiger partial charge < -0.3 is 5.73 Å². The molecule has 0 aliphatic heterocycles. The molecule has 1 nitrogen and oxygen atoms in total. The molecule has 1 saturated carbocycles. The predicted octanol–water partition coefficient (Wildman–Crippen LogP) is 3.45. The molecule has 88 valence electrons. The highest BCUT2D eigenvalue weighted by molar-refractivity contribution is 5.22. The lowest BCUT2D eigenvalue weighted by molar-refractivity contribution is 0.437. The van der Waals surface area contributed by atoms with Gasteiger partial charge in [-0.25, -0.2) is 4.39 Å². The molecule has 1 unspecified atom stereocenters. The minimum atomic E-state index is -0.101. The van der Waals surface area contributed by atoms with Crippen molar-refractivity contribution in [3.8, 4) is 0 Å². The summed E-state index contributed by atoms with van der Waals surface area (Å²) in [6, 6.07) is 7.05. The molecule has 1 aliphatic carbocycles. The van der Waals surface area contributed by atoms with Crippen molar-refractivity contribution in [2.45, 2.75) is 38.0 Å². The second-order valence-electron chi connectivity index (χ2n) is 4.84. The van der Waals surface area contributed by atoms with E-state index in [1.165, 1.54) is 31.7 Å². The molecule has 0 amide bonds. The zero-order chi connectivity index (χ0) is 11.4.